The van der Waals surface area contributed by atoms with Gasteiger partial charge in [-0.15, -0.1) is 0 Å². The molecular formula is C21H16F2O3. The van der Waals surface area contributed by atoms with Gasteiger partial charge in [0.15, 0.2) is 11.6 Å². The Morgan fingerprint density at radius 3 is 2.27 bits per heavy atom. The fraction of sp³-hybridized carbons (Fsp3) is 0.0952. The summed E-state index contributed by atoms with van der Waals surface area (Å²) in [5, 5.41) is 9.15. The van der Waals surface area contributed by atoms with E-state index in [4.69, 9.17) is 9.84 Å². The van der Waals surface area contributed by atoms with E-state index in [1.54, 1.807) is 18.2 Å². The van der Waals surface area contributed by atoms with E-state index in [1.807, 2.05) is 30.3 Å². The van der Waals surface area contributed by atoms with Crippen LogP contribution in [0.2, 0.25) is 0 Å². The normalized spacial score (nSPS) is 10.5. The highest BCUT2D eigenvalue weighted by Crippen LogP contribution is 2.29. The van der Waals surface area contributed by atoms with Crippen molar-refractivity contribution >= 4 is 5.97 Å². The van der Waals surface area contributed by atoms with Crippen molar-refractivity contribution in [1.29, 1.82) is 0 Å². The number of aliphatic carboxylic acids is 1. The number of halogens is 2. The van der Waals surface area contributed by atoms with E-state index in [9.17, 15) is 13.6 Å². The van der Waals surface area contributed by atoms with Crippen LogP contribution in [0, 0.1) is 11.6 Å². The van der Waals surface area contributed by atoms with E-state index in [2.05, 4.69) is 0 Å². The molecule has 0 fully saturated rings. The number of hydrogen-bond acceptors (Lipinski definition) is 2. The average Bonchev–Trinajstić information content (AvgIpc) is 2.63. The van der Waals surface area contributed by atoms with Crippen LogP contribution in [-0.4, -0.2) is 11.1 Å². The first kappa shape index (κ1) is 17.6. The van der Waals surface area contributed by atoms with Crippen LogP contribution in [0.25, 0.3) is 11.1 Å². The highest BCUT2D eigenvalue weighted by molar-refractivity contribution is 5.74. The Labute approximate surface area is 149 Å². The molecule has 0 aliphatic carbocycles. The number of carbonyl (C=O) groups is 1. The van der Waals surface area contributed by atoms with Crippen LogP contribution in [-0.2, 0) is 17.8 Å². The molecule has 0 saturated carbocycles. The predicted molar refractivity (Wildman–Crippen MR) is 93.9 cm³/mol. The van der Waals surface area contributed by atoms with Crippen molar-refractivity contribution in [3.8, 4) is 16.9 Å². The Kier molecular flexibility index (Phi) is 5.27. The third kappa shape index (κ3) is 4.25. The van der Waals surface area contributed by atoms with E-state index < -0.39 is 17.6 Å². The van der Waals surface area contributed by atoms with Crippen LogP contribution < -0.4 is 4.74 Å². The zero-order valence-corrected chi connectivity index (χ0v) is 13.8. The van der Waals surface area contributed by atoms with Crippen molar-refractivity contribution in [2.45, 2.75) is 13.0 Å². The number of benzene rings is 3. The molecule has 0 aliphatic rings. The smallest absolute Gasteiger partial charge is 0.307 e. The largest absolute Gasteiger partial charge is 0.489 e. The molecule has 3 rings (SSSR count). The Balaban J connectivity index is 1.89. The van der Waals surface area contributed by atoms with E-state index in [0.29, 0.717) is 29.0 Å². The molecule has 0 aliphatic heterocycles. The van der Waals surface area contributed by atoms with Gasteiger partial charge in [0.05, 0.1) is 6.42 Å². The SMILES string of the molecule is O=C(O)Cc1cc(-c2ccc(F)c(F)c2)ccc1OCc1ccccc1. The summed E-state index contributed by atoms with van der Waals surface area (Å²) < 4.78 is 32.3. The van der Waals surface area contributed by atoms with Crippen LogP contribution in [0.5, 0.6) is 5.75 Å². The van der Waals surface area contributed by atoms with Gasteiger partial charge in [-0.25, -0.2) is 8.78 Å². The van der Waals surface area contributed by atoms with Crippen LogP contribution in [0.4, 0.5) is 8.78 Å². The molecule has 1 N–H and O–H groups in total. The fourth-order valence-corrected chi connectivity index (χ4v) is 2.61. The summed E-state index contributed by atoms with van der Waals surface area (Å²) in [4.78, 5) is 11.2. The second-order valence-corrected chi connectivity index (χ2v) is 5.80. The molecule has 0 saturated heterocycles. The summed E-state index contributed by atoms with van der Waals surface area (Å²) in [5.41, 5.74) is 2.48. The van der Waals surface area contributed by atoms with Gasteiger partial charge in [-0.05, 0) is 41.0 Å². The van der Waals surface area contributed by atoms with Crippen molar-refractivity contribution < 1.29 is 23.4 Å². The average molecular weight is 354 g/mol. The molecule has 0 unspecified atom stereocenters. The monoisotopic (exact) mass is 354 g/mol. The van der Waals surface area contributed by atoms with E-state index in [1.165, 1.54) is 6.07 Å². The molecule has 3 aromatic carbocycles. The molecule has 0 spiro atoms. The molecule has 26 heavy (non-hydrogen) atoms. The molecule has 0 bridgehead atoms. The summed E-state index contributed by atoms with van der Waals surface area (Å²) >= 11 is 0. The van der Waals surface area contributed by atoms with E-state index in [0.717, 1.165) is 17.7 Å². The number of hydrogen-bond donors (Lipinski definition) is 1. The van der Waals surface area contributed by atoms with Gasteiger partial charge in [-0.1, -0.05) is 42.5 Å². The first-order chi connectivity index (χ1) is 12.5. The molecular weight excluding hydrogens is 338 g/mol. The van der Waals surface area contributed by atoms with E-state index in [-0.39, 0.29) is 6.42 Å². The van der Waals surface area contributed by atoms with Crippen LogP contribution in [0.3, 0.4) is 0 Å². The maximum absolute atomic E-state index is 13.5. The minimum Gasteiger partial charge on any atom is -0.489 e. The number of carboxylic acids is 1. The van der Waals surface area contributed by atoms with Crippen molar-refractivity contribution in [2.24, 2.45) is 0 Å². The summed E-state index contributed by atoms with van der Waals surface area (Å²) in [6.07, 6.45) is -0.234. The Morgan fingerprint density at radius 1 is 0.885 bits per heavy atom. The minimum atomic E-state index is -1.00. The zero-order valence-electron chi connectivity index (χ0n) is 13.8. The molecule has 0 amide bonds. The second-order valence-electron chi connectivity index (χ2n) is 5.80. The van der Waals surface area contributed by atoms with Gasteiger partial charge >= 0.3 is 5.97 Å². The summed E-state index contributed by atoms with van der Waals surface area (Å²) in [5.74, 6) is -2.44. The zero-order chi connectivity index (χ0) is 18.5. The third-order valence-electron chi connectivity index (χ3n) is 3.89. The molecule has 5 heteroatoms. The van der Waals surface area contributed by atoms with Crippen molar-refractivity contribution in [3.05, 3.63) is 89.5 Å². The van der Waals surface area contributed by atoms with Crippen LogP contribution in [0.15, 0.2) is 66.7 Å². The topological polar surface area (TPSA) is 46.5 Å². The highest BCUT2D eigenvalue weighted by atomic mass is 19.2. The first-order valence-electron chi connectivity index (χ1n) is 8.00. The first-order valence-corrected chi connectivity index (χ1v) is 8.00. The maximum atomic E-state index is 13.5. The van der Waals surface area contributed by atoms with Gasteiger partial charge in [0.2, 0.25) is 0 Å². The van der Waals surface area contributed by atoms with Gasteiger partial charge in [0.1, 0.15) is 12.4 Å². The summed E-state index contributed by atoms with van der Waals surface area (Å²) in [6, 6.07) is 18.0. The van der Waals surface area contributed by atoms with Gasteiger partial charge in [0, 0.05) is 5.56 Å². The summed E-state index contributed by atoms with van der Waals surface area (Å²) in [6.45, 7) is 0.304. The molecule has 3 nitrogen and oxygen atoms in total. The minimum absolute atomic E-state index is 0.234. The van der Waals surface area contributed by atoms with Gasteiger partial charge in [-0.2, -0.15) is 0 Å². The van der Waals surface area contributed by atoms with Crippen molar-refractivity contribution in [3.63, 3.8) is 0 Å². The van der Waals surface area contributed by atoms with Crippen molar-refractivity contribution in [1.82, 2.24) is 0 Å². The number of rotatable bonds is 6. The lowest BCUT2D eigenvalue weighted by molar-refractivity contribution is -0.136. The van der Waals surface area contributed by atoms with Gasteiger partial charge in [0.25, 0.3) is 0 Å². The summed E-state index contributed by atoms with van der Waals surface area (Å²) in [7, 11) is 0. The van der Waals surface area contributed by atoms with E-state index >= 15 is 0 Å². The van der Waals surface area contributed by atoms with Crippen molar-refractivity contribution in [2.75, 3.05) is 0 Å². The standard InChI is InChI=1S/C21H16F2O3/c22-18-8-6-16(11-19(18)23)15-7-9-20(17(10-15)12-21(24)25)26-13-14-4-2-1-3-5-14/h1-11H,12-13H2,(H,24,25). The lowest BCUT2D eigenvalue weighted by Gasteiger charge is -2.13. The third-order valence-corrected chi connectivity index (χ3v) is 3.89. The molecule has 0 atom stereocenters. The fourth-order valence-electron chi connectivity index (χ4n) is 2.61. The Morgan fingerprint density at radius 2 is 1.58 bits per heavy atom. The maximum Gasteiger partial charge on any atom is 0.307 e. The molecule has 132 valence electrons. The van der Waals surface area contributed by atoms with Gasteiger partial charge < -0.3 is 9.84 Å². The quantitative estimate of drug-likeness (QED) is 0.689. The predicted octanol–water partition coefficient (Wildman–Crippen LogP) is 4.84. The molecule has 0 aromatic heterocycles. The highest BCUT2D eigenvalue weighted by Gasteiger charge is 2.12. The number of ether oxygens (including phenoxy) is 1. The van der Waals surface area contributed by atoms with Crippen LogP contribution >= 0.6 is 0 Å². The Bertz CT molecular complexity index is 924. The number of carboxylic acid groups (broad SMARTS) is 1. The molecule has 0 heterocycles. The second kappa shape index (κ2) is 7.78. The lowest BCUT2D eigenvalue weighted by atomic mass is 10.0. The van der Waals surface area contributed by atoms with Crippen LogP contribution in [0.1, 0.15) is 11.1 Å². The molecule has 0 radical (unpaired) electrons. The Hall–Kier alpha value is -3.21. The van der Waals surface area contributed by atoms with Gasteiger partial charge in [-0.3, -0.25) is 4.79 Å². The lowest BCUT2D eigenvalue weighted by Crippen LogP contribution is -2.04. The molecule has 3 aromatic rings.